The first-order chi connectivity index (χ1) is 9.11. The van der Waals surface area contributed by atoms with Crippen LogP contribution in [-0.4, -0.2) is 15.9 Å². The Bertz CT molecular complexity index is 712. The molecular formula is C12H10BrN3O2S. The average Bonchev–Trinajstić information content (AvgIpc) is 3.00. The number of aromatic nitrogens is 2. The molecule has 0 saturated heterocycles. The van der Waals surface area contributed by atoms with E-state index >= 15 is 0 Å². The van der Waals surface area contributed by atoms with Gasteiger partial charge in [-0.25, -0.2) is 4.98 Å². The highest BCUT2D eigenvalue weighted by molar-refractivity contribution is 9.10. The third-order valence-electron chi connectivity index (χ3n) is 2.59. The first kappa shape index (κ1) is 12.4. The number of rotatable bonds is 3. The number of hydrogen-bond donors (Lipinski definition) is 2. The number of carbonyl (C=O) groups is 1. The van der Waals surface area contributed by atoms with Crippen molar-refractivity contribution in [3.05, 3.63) is 38.6 Å². The number of H-pyrrole nitrogens is 1. The van der Waals surface area contributed by atoms with E-state index in [9.17, 15) is 4.79 Å². The van der Waals surface area contributed by atoms with Gasteiger partial charge in [-0.2, -0.15) is 0 Å². The highest BCUT2D eigenvalue weighted by atomic mass is 79.9. The molecule has 3 rings (SSSR count). The molecule has 0 aromatic carbocycles. The number of fused-ring (bicyclic) bond motifs is 1. The van der Waals surface area contributed by atoms with Gasteiger partial charge in [-0.05, 0) is 22.9 Å². The topological polar surface area (TPSA) is 70.9 Å². The van der Waals surface area contributed by atoms with Crippen molar-refractivity contribution < 1.29 is 9.21 Å². The second kappa shape index (κ2) is 4.82. The summed E-state index contributed by atoms with van der Waals surface area (Å²) in [5.41, 5.74) is 2.90. The third-order valence-corrected chi connectivity index (χ3v) is 3.94. The van der Waals surface area contributed by atoms with E-state index in [4.69, 9.17) is 4.42 Å². The largest absolute Gasteiger partial charge is 0.448 e. The number of aromatic amines is 1. The first-order valence-corrected chi connectivity index (χ1v) is 7.26. The Kier molecular flexibility index (Phi) is 3.16. The van der Waals surface area contributed by atoms with E-state index in [1.165, 1.54) is 11.3 Å². The summed E-state index contributed by atoms with van der Waals surface area (Å²) in [6.45, 7) is 2.36. The maximum Gasteiger partial charge on any atom is 0.268 e. The van der Waals surface area contributed by atoms with Gasteiger partial charge in [0.05, 0.1) is 12.1 Å². The monoisotopic (exact) mass is 339 g/mol. The molecular weight excluding hydrogens is 330 g/mol. The maximum atomic E-state index is 12.0. The normalized spacial score (nSPS) is 11.1. The van der Waals surface area contributed by atoms with Gasteiger partial charge >= 0.3 is 0 Å². The summed E-state index contributed by atoms with van der Waals surface area (Å²) >= 11 is 4.77. The summed E-state index contributed by atoms with van der Waals surface area (Å²) < 4.78 is 6.00. The molecule has 2 N–H and O–H groups in total. The van der Waals surface area contributed by atoms with Gasteiger partial charge in [-0.3, -0.25) is 4.79 Å². The van der Waals surface area contributed by atoms with E-state index in [2.05, 4.69) is 31.2 Å². The Labute approximate surface area is 121 Å². The highest BCUT2D eigenvalue weighted by Crippen LogP contribution is 2.23. The van der Waals surface area contributed by atoms with E-state index in [1.807, 2.05) is 12.3 Å². The maximum absolute atomic E-state index is 12.0. The van der Waals surface area contributed by atoms with Gasteiger partial charge in [0.2, 0.25) is 0 Å². The van der Waals surface area contributed by atoms with Gasteiger partial charge in [0.1, 0.15) is 10.7 Å². The number of furan rings is 1. The van der Waals surface area contributed by atoms with Gasteiger partial charge in [-0.15, -0.1) is 11.3 Å². The van der Waals surface area contributed by atoms with Gasteiger partial charge in [-0.1, -0.05) is 0 Å². The van der Waals surface area contributed by atoms with Crippen molar-refractivity contribution in [1.29, 1.82) is 0 Å². The van der Waals surface area contributed by atoms with Crippen LogP contribution < -0.4 is 5.32 Å². The molecule has 0 aliphatic heterocycles. The molecule has 0 aliphatic carbocycles. The molecule has 3 aromatic rings. The SMILES string of the molecule is Cc1csc(CNC(=O)c2cc3oc(Br)cc3[nH]2)n1. The van der Waals surface area contributed by atoms with Crippen LogP contribution in [0.4, 0.5) is 0 Å². The number of nitrogens with one attached hydrogen (secondary N) is 2. The van der Waals surface area contributed by atoms with Gasteiger partial charge < -0.3 is 14.7 Å². The smallest absolute Gasteiger partial charge is 0.268 e. The van der Waals surface area contributed by atoms with Crippen LogP contribution in [0, 0.1) is 6.92 Å². The number of amides is 1. The van der Waals surface area contributed by atoms with Crippen LogP contribution in [0.1, 0.15) is 21.2 Å². The van der Waals surface area contributed by atoms with Crippen molar-refractivity contribution in [2.75, 3.05) is 0 Å². The van der Waals surface area contributed by atoms with Crippen molar-refractivity contribution in [2.45, 2.75) is 13.5 Å². The molecule has 7 heteroatoms. The average molecular weight is 340 g/mol. The van der Waals surface area contributed by atoms with Crippen molar-refractivity contribution in [3.63, 3.8) is 0 Å². The number of halogens is 1. The number of hydrogen-bond acceptors (Lipinski definition) is 4. The molecule has 0 unspecified atom stereocenters. The van der Waals surface area contributed by atoms with Gasteiger partial charge in [0.25, 0.3) is 5.91 Å². The molecule has 19 heavy (non-hydrogen) atoms. The molecule has 0 radical (unpaired) electrons. The zero-order valence-corrected chi connectivity index (χ0v) is 12.4. The van der Waals surface area contributed by atoms with E-state index in [0.29, 0.717) is 22.5 Å². The lowest BCUT2D eigenvalue weighted by molar-refractivity contribution is 0.0946. The molecule has 1 amide bonds. The fourth-order valence-corrected chi connectivity index (χ4v) is 2.86. The van der Waals surface area contributed by atoms with Crippen molar-refractivity contribution in [3.8, 4) is 0 Å². The predicted molar refractivity (Wildman–Crippen MR) is 76.3 cm³/mol. The molecule has 0 fully saturated rings. The quantitative estimate of drug-likeness (QED) is 0.769. The molecule has 5 nitrogen and oxygen atoms in total. The molecule has 0 bridgehead atoms. The number of thiazole rings is 1. The fraction of sp³-hybridized carbons (Fsp3) is 0.167. The van der Waals surface area contributed by atoms with Crippen LogP contribution in [0.15, 0.2) is 26.6 Å². The molecule has 0 spiro atoms. The Morgan fingerprint density at radius 1 is 1.58 bits per heavy atom. The lowest BCUT2D eigenvalue weighted by atomic mass is 10.4. The van der Waals surface area contributed by atoms with Crippen LogP contribution in [0.3, 0.4) is 0 Å². The fourth-order valence-electron chi connectivity index (χ4n) is 1.75. The third kappa shape index (κ3) is 2.57. The van der Waals surface area contributed by atoms with Gasteiger partial charge in [0.15, 0.2) is 10.3 Å². The second-order valence-corrected chi connectivity index (χ2v) is 5.80. The summed E-state index contributed by atoms with van der Waals surface area (Å²) in [5, 5.41) is 5.67. The summed E-state index contributed by atoms with van der Waals surface area (Å²) in [6, 6.07) is 3.47. The standard InChI is InChI=1S/C12H10BrN3O2S/c1-6-5-19-11(15-6)4-14-12(17)8-2-9-7(16-8)3-10(13)18-9/h2-3,5,16H,4H2,1H3,(H,14,17). The Morgan fingerprint density at radius 3 is 3.11 bits per heavy atom. The Hall–Kier alpha value is -1.60. The minimum absolute atomic E-state index is 0.171. The summed E-state index contributed by atoms with van der Waals surface area (Å²) in [7, 11) is 0. The molecule has 98 valence electrons. The molecule has 0 atom stereocenters. The predicted octanol–water partition coefficient (Wildman–Crippen LogP) is 3.22. The lowest BCUT2D eigenvalue weighted by Gasteiger charge is -2.00. The van der Waals surface area contributed by atoms with Crippen LogP contribution >= 0.6 is 27.3 Å². The zero-order chi connectivity index (χ0) is 13.4. The van der Waals surface area contributed by atoms with Crippen molar-refractivity contribution in [2.24, 2.45) is 0 Å². The molecule has 0 saturated carbocycles. The molecule has 3 heterocycles. The van der Waals surface area contributed by atoms with Crippen molar-refractivity contribution in [1.82, 2.24) is 15.3 Å². The number of carbonyl (C=O) groups excluding carboxylic acids is 1. The summed E-state index contributed by atoms with van der Waals surface area (Å²) in [6.07, 6.45) is 0. The van der Waals surface area contributed by atoms with E-state index < -0.39 is 0 Å². The second-order valence-electron chi connectivity index (χ2n) is 4.08. The van der Waals surface area contributed by atoms with Crippen molar-refractivity contribution >= 4 is 44.3 Å². The summed E-state index contributed by atoms with van der Waals surface area (Å²) in [4.78, 5) is 19.3. The Morgan fingerprint density at radius 2 is 2.42 bits per heavy atom. The molecule has 0 aliphatic rings. The zero-order valence-electron chi connectivity index (χ0n) is 9.99. The number of aryl methyl sites for hydroxylation is 1. The van der Waals surface area contributed by atoms with E-state index in [1.54, 1.807) is 12.1 Å². The van der Waals surface area contributed by atoms with E-state index in [0.717, 1.165) is 16.2 Å². The van der Waals surface area contributed by atoms with Crippen LogP contribution in [0.5, 0.6) is 0 Å². The highest BCUT2D eigenvalue weighted by Gasteiger charge is 2.12. The minimum atomic E-state index is -0.171. The number of nitrogens with zero attached hydrogens (tertiary/aromatic N) is 1. The lowest BCUT2D eigenvalue weighted by Crippen LogP contribution is -2.22. The van der Waals surface area contributed by atoms with E-state index in [-0.39, 0.29) is 5.91 Å². The Balaban J connectivity index is 1.71. The first-order valence-electron chi connectivity index (χ1n) is 5.59. The van der Waals surface area contributed by atoms with Gasteiger partial charge in [0, 0.05) is 23.2 Å². The summed E-state index contributed by atoms with van der Waals surface area (Å²) in [5.74, 6) is -0.171. The molecule has 3 aromatic heterocycles. The van der Waals surface area contributed by atoms with Crippen LogP contribution in [0.2, 0.25) is 0 Å². The van der Waals surface area contributed by atoms with Crippen LogP contribution in [-0.2, 0) is 6.54 Å². The van der Waals surface area contributed by atoms with Crippen LogP contribution in [0.25, 0.3) is 11.1 Å². The minimum Gasteiger partial charge on any atom is -0.448 e.